The summed E-state index contributed by atoms with van der Waals surface area (Å²) >= 11 is 5.49. The zero-order valence-corrected chi connectivity index (χ0v) is 17.2. The van der Waals surface area contributed by atoms with Crippen LogP contribution in [0.1, 0.15) is 101 Å². The normalized spacial score (nSPS) is 29.0. The molecule has 0 bridgehead atoms. The maximum absolute atomic E-state index is 5.49. The van der Waals surface area contributed by atoms with Crippen molar-refractivity contribution in [1.29, 1.82) is 0 Å². The lowest BCUT2D eigenvalue weighted by Gasteiger charge is -2.38. The van der Waals surface area contributed by atoms with E-state index >= 15 is 0 Å². The molecule has 26 heavy (non-hydrogen) atoms. The van der Waals surface area contributed by atoms with Gasteiger partial charge in [-0.15, -0.1) is 0 Å². The molecular formula is C25H35Cl. The minimum atomic E-state index is 0.759. The highest BCUT2D eigenvalue weighted by Gasteiger charge is 2.31. The minimum Gasteiger partial charge on any atom is -0.0654 e. The fourth-order valence-electron chi connectivity index (χ4n) is 5.45. The average Bonchev–Trinajstić information content (AvgIpc) is 2.70. The summed E-state index contributed by atoms with van der Waals surface area (Å²) in [4.78, 5) is 0. The Labute approximate surface area is 166 Å². The van der Waals surface area contributed by atoms with Crippen LogP contribution >= 0.6 is 11.6 Å². The van der Waals surface area contributed by atoms with Crippen molar-refractivity contribution in [3.8, 4) is 11.3 Å². The topological polar surface area (TPSA) is 0 Å². The van der Waals surface area contributed by atoms with Gasteiger partial charge in [-0.2, -0.15) is 0 Å². The van der Waals surface area contributed by atoms with Gasteiger partial charge in [-0.3, -0.25) is 0 Å². The summed E-state index contributed by atoms with van der Waals surface area (Å²) in [5.74, 6) is 6.76. The van der Waals surface area contributed by atoms with Crippen molar-refractivity contribution in [2.75, 3.05) is 0 Å². The van der Waals surface area contributed by atoms with Gasteiger partial charge >= 0.3 is 0 Å². The fourth-order valence-corrected chi connectivity index (χ4v) is 5.56. The molecule has 0 aromatic heterocycles. The monoisotopic (exact) mass is 370 g/mol. The summed E-state index contributed by atoms with van der Waals surface area (Å²) in [6.07, 6.45) is 17.4. The van der Waals surface area contributed by atoms with Crippen LogP contribution in [-0.2, 0) is 0 Å². The van der Waals surface area contributed by atoms with Gasteiger partial charge in [-0.25, -0.2) is 0 Å². The third kappa shape index (κ3) is 5.53. The van der Waals surface area contributed by atoms with Gasteiger partial charge in [-0.05, 0) is 97.4 Å². The predicted octanol–water partition coefficient (Wildman–Crippen LogP) is 7.89. The first kappa shape index (κ1) is 19.8. The van der Waals surface area contributed by atoms with Crippen LogP contribution in [0.4, 0.5) is 0 Å². The van der Waals surface area contributed by atoms with E-state index in [9.17, 15) is 0 Å². The second kappa shape index (κ2) is 10.4. The highest BCUT2D eigenvalue weighted by Crippen LogP contribution is 2.44. The lowest BCUT2D eigenvalue weighted by molar-refractivity contribution is 0.155. The first-order valence-corrected chi connectivity index (χ1v) is 11.4. The van der Waals surface area contributed by atoms with E-state index in [1.54, 1.807) is 0 Å². The molecule has 2 aliphatic rings. The Kier molecular flexibility index (Phi) is 7.94. The SMILES string of the molecule is CCCCCC1CCC(C2CCC(c3ccc(C#CCl)cc3)CC2)CC1. The van der Waals surface area contributed by atoms with Crippen molar-refractivity contribution in [1.82, 2.24) is 0 Å². The summed E-state index contributed by atoms with van der Waals surface area (Å²) in [5.41, 5.74) is 2.52. The van der Waals surface area contributed by atoms with Crippen LogP contribution in [0.25, 0.3) is 0 Å². The van der Waals surface area contributed by atoms with Crippen LogP contribution in [0, 0.1) is 29.1 Å². The van der Waals surface area contributed by atoms with E-state index in [-0.39, 0.29) is 0 Å². The molecule has 3 rings (SSSR count). The van der Waals surface area contributed by atoms with Crippen LogP contribution < -0.4 is 0 Å². The van der Waals surface area contributed by atoms with Crippen molar-refractivity contribution in [2.24, 2.45) is 17.8 Å². The van der Waals surface area contributed by atoms with Crippen molar-refractivity contribution in [3.63, 3.8) is 0 Å². The molecule has 0 nitrogen and oxygen atoms in total. The van der Waals surface area contributed by atoms with Crippen LogP contribution in [0.2, 0.25) is 0 Å². The number of hydrogen-bond donors (Lipinski definition) is 0. The van der Waals surface area contributed by atoms with Gasteiger partial charge in [0.2, 0.25) is 0 Å². The van der Waals surface area contributed by atoms with E-state index in [1.165, 1.54) is 82.6 Å². The Morgan fingerprint density at radius 1 is 0.846 bits per heavy atom. The van der Waals surface area contributed by atoms with Gasteiger partial charge in [0.1, 0.15) is 0 Å². The molecule has 1 aromatic carbocycles. The van der Waals surface area contributed by atoms with Gasteiger partial charge in [0.25, 0.3) is 0 Å². The van der Waals surface area contributed by atoms with E-state index in [2.05, 4.69) is 42.5 Å². The average molecular weight is 371 g/mol. The smallest absolute Gasteiger partial charge is 0.0258 e. The maximum atomic E-state index is 5.49. The van der Waals surface area contributed by atoms with Crippen molar-refractivity contribution in [2.45, 2.75) is 89.9 Å². The van der Waals surface area contributed by atoms with Gasteiger partial charge in [0.05, 0.1) is 0 Å². The van der Waals surface area contributed by atoms with E-state index in [1.807, 2.05) is 0 Å². The molecule has 0 unspecified atom stereocenters. The third-order valence-corrected chi connectivity index (χ3v) is 7.21. The standard InChI is InChI=1S/C25H35Cl/c1-2-3-4-5-20-6-10-22(11-7-20)24-14-16-25(17-15-24)23-12-8-21(9-13-23)18-19-26/h8-9,12-13,20,22,24-25H,2-7,10-11,14-17H2,1H3. The Hall–Kier alpha value is -0.930. The zero-order valence-electron chi connectivity index (χ0n) is 16.5. The highest BCUT2D eigenvalue weighted by atomic mass is 35.5. The number of unbranched alkanes of at least 4 members (excludes halogenated alkanes) is 2. The van der Waals surface area contributed by atoms with Crippen molar-refractivity contribution in [3.05, 3.63) is 35.4 Å². The van der Waals surface area contributed by atoms with Gasteiger partial charge in [-0.1, -0.05) is 57.6 Å². The first-order valence-electron chi connectivity index (χ1n) is 11.0. The van der Waals surface area contributed by atoms with E-state index in [0.29, 0.717) is 0 Å². The summed E-state index contributed by atoms with van der Waals surface area (Å²) in [5, 5.41) is 2.46. The van der Waals surface area contributed by atoms with Gasteiger partial charge in [0, 0.05) is 10.9 Å². The molecule has 0 N–H and O–H groups in total. The third-order valence-electron chi connectivity index (χ3n) is 7.12. The van der Waals surface area contributed by atoms with Crippen LogP contribution in [0.3, 0.4) is 0 Å². The second-order valence-corrected chi connectivity index (χ2v) is 8.92. The lowest BCUT2D eigenvalue weighted by Crippen LogP contribution is -2.25. The van der Waals surface area contributed by atoms with Gasteiger partial charge < -0.3 is 0 Å². The molecule has 1 aromatic rings. The molecule has 142 valence electrons. The molecule has 0 atom stereocenters. The molecule has 0 spiro atoms. The molecule has 0 radical (unpaired) electrons. The summed E-state index contributed by atoms with van der Waals surface area (Å²) in [6, 6.07) is 8.78. The predicted molar refractivity (Wildman–Crippen MR) is 113 cm³/mol. The molecule has 2 fully saturated rings. The van der Waals surface area contributed by atoms with Crippen LogP contribution in [0.15, 0.2) is 24.3 Å². The summed E-state index contributed by atoms with van der Waals surface area (Å²) in [7, 11) is 0. The Bertz CT molecular complexity index is 575. The maximum Gasteiger partial charge on any atom is 0.0258 e. The first-order chi connectivity index (χ1) is 12.8. The molecule has 2 aliphatic carbocycles. The lowest BCUT2D eigenvalue weighted by atomic mass is 9.68. The fraction of sp³-hybridized carbons (Fsp3) is 0.680. The highest BCUT2D eigenvalue weighted by molar-refractivity contribution is 6.30. The van der Waals surface area contributed by atoms with E-state index < -0.39 is 0 Å². The van der Waals surface area contributed by atoms with Crippen LogP contribution in [-0.4, -0.2) is 0 Å². The zero-order chi connectivity index (χ0) is 18.2. The molecule has 0 amide bonds. The molecular weight excluding hydrogens is 336 g/mol. The Morgan fingerprint density at radius 3 is 2.04 bits per heavy atom. The van der Waals surface area contributed by atoms with Crippen molar-refractivity contribution >= 4 is 11.6 Å². The quantitative estimate of drug-likeness (QED) is 0.352. The largest absolute Gasteiger partial charge is 0.0654 e. The van der Waals surface area contributed by atoms with Crippen molar-refractivity contribution < 1.29 is 0 Å². The molecule has 0 aliphatic heterocycles. The molecule has 0 saturated heterocycles. The molecule has 0 heterocycles. The molecule has 2 saturated carbocycles. The number of halogens is 1. The van der Waals surface area contributed by atoms with Crippen LogP contribution in [0.5, 0.6) is 0 Å². The summed E-state index contributed by atoms with van der Waals surface area (Å²) < 4.78 is 0. The number of benzene rings is 1. The Balaban J connectivity index is 1.42. The van der Waals surface area contributed by atoms with Gasteiger partial charge in [0.15, 0.2) is 0 Å². The summed E-state index contributed by atoms with van der Waals surface area (Å²) in [6.45, 7) is 2.32. The Morgan fingerprint density at radius 2 is 1.46 bits per heavy atom. The molecule has 1 heteroatoms. The number of rotatable bonds is 6. The minimum absolute atomic E-state index is 0.759. The van der Waals surface area contributed by atoms with E-state index in [0.717, 1.165) is 29.2 Å². The number of hydrogen-bond acceptors (Lipinski definition) is 0. The van der Waals surface area contributed by atoms with E-state index in [4.69, 9.17) is 11.6 Å². The second-order valence-electron chi connectivity index (χ2n) is 8.73.